The Morgan fingerprint density at radius 1 is 1.11 bits per heavy atom. The number of nitrogens with one attached hydrogen (secondary N) is 1. The first-order valence-electron chi connectivity index (χ1n) is 9.51. The van der Waals surface area contributed by atoms with Crippen LogP contribution in [0.4, 0.5) is 0 Å². The Kier molecular flexibility index (Phi) is 5.08. The quantitative estimate of drug-likeness (QED) is 0.904. The zero-order valence-corrected chi connectivity index (χ0v) is 15.2. The van der Waals surface area contributed by atoms with E-state index >= 15 is 0 Å². The second-order valence-electron chi connectivity index (χ2n) is 7.42. The number of hydrogen-bond acceptors (Lipinski definition) is 4. The summed E-state index contributed by atoms with van der Waals surface area (Å²) in [4.78, 5) is 15.1. The van der Waals surface area contributed by atoms with E-state index in [4.69, 9.17) is 10.00 Å². The first kappa shape index (κ1) is 17.6. The van der Waals surface area contributed by atoms with Crippen molar-refractivity contribution in [2.75, 3.05) is 19.6 Å². The van der Waals surface area contributed by atoms with E-state index in [2.05, 4.69) is 16.3 Å². The minimum Gasteiger partial charge on any atom is -0.457 e. The molecular weight excluding hydrogens is 338 g/mol. The molecule has 27 heavy (non-hydrogen) atoms. The van der Waals surface area contributed by atoms with E-state index in [1.54, 1.807) is 48.5 Å². The Morgan fingerprint density at radius 2 is 1.89 bits per heavy atom. The van der Waals surface area contributed by atoms with Gasteiger partial charge in [0.2, 0.25) is 0 Å². The fraction of sp³-hybridized carbons (Fsp3) is 0.364. The molecule has 2 aromatic carbocycles. The molecule has 1 unspecified atom stereocenters. The molecule has 1 atom stereocenters. The van der Waals surface area contributed by atoms with Crippen LogP contribution in [-0.2, 0) is 0 Å². The van der Waals surface area contributed by atoms with Crippen LogP contribution in [0.15, 0.2) is 48.5 Å². The summed E-state index contributed by atoms with van der Waals surface area (Å²) < 4.78 is 5.77. The molecule has 2 bridgehead atoms. The maximum absolute atomic E-state index is 12.6. The molecule has 5 heteroatoms. The summed E-state index contributed by atoms with van der Waals surface area (Å²) in [6.07, 6.45) is 3.59. The van der Waals surface area contributed by atoms with Gasteiger partial charge in [-0.2, -0.15) is 5.26 Å². The number of rotatable bonds is 4. The topological polar surface area (TPSA) is 65.4 Å². The van der Waals surface area contributed by atoms with Gasteiger partial charge in [-0.15, -0.1) is 0 Å². The molecule has 0 saturated carbocycles. The maximum Gasteiger partial charge on any atom is 0.251 e. The number of nitrogens with zero attached hydrogens (tertiary/aromatic N) is 2. The zero-order valence-electron chi connectivity index (χ0n) is 15.2. The van der Waals surface area contributed by atoms with Crippen molar-refractivity contribution >= 4 is 5.91 Å². The predicted molar refractivity (Wildman–Crippen MR) is 103 cm³/mol. The lowest BCUT2D eigenvalue weighted by Crippen LogP contribution is -2.41. The third-order valence-corrected chi connectivity index (χ3v) is 5.45. The molecule has 1 amide bonds. The van der Waals surface area contributed by atoms with Crippen molar-refractivity contribution in [1.29, 1.82) is 5.26 Å². The smallest absolute Gasteiger partial charge is 0.251 e. The molecule has 0 aromatic heterocycles. The first-order chi connectivity index (χ1) is 13.2. The van der Waals surface area contributed by atoms with Crippen molar-refractivity contribution in [3.05, 3.63) is 59.7 Å². The first-order valence-corrected chi connectivity index (χ1v) is 9.51. The molecule has 0 radical (unpaired) electrons. The third kappa shape index (κ3) is 4.29. The summed E-state index contributed by atoms with van der Waals surface area (Å²) in [5.74, 6) is 1.96. The number of carbonyl (C=O) groups excluding carboxylic acids is 1. The number of hydrogen-bond donors (Lipinski definition) is 1. The lowest BCUT2D eigenvalue weighted by Gasteiger charge is -2.26. The summed E-state index contributed by atoms with van der Waals surface area (Å²) in [6, 6.07) is 16.5. The Balaban J connectivity index is 1.38. The number of nitriles is 1. The fourth-order valence-electron chi connectivity index (χ4n) is 4.01. The largest absolute Gasteiger partial charge is 0.457 e. The van der Waals surface area contributed by atoms with Crippen LogP contribution >= 0.6 is 0 Å². The van der Waals surface area contributed by atoms with Gasteiger partial charge in [-0.05, 0) is 80.7 Å². The fourth-order valence-corrected chi connectivity index (χ4v) is 4.01. The van der Waals surface area contributed by atoms with Crippen molar-refractivity contribution in [3.63, 3.8) is 0 Å². The Hall–Kier alpha value is -2.84. The van der Waals surface area contributed by atoms with Crippen molar-refractivity contribution in [2.24, 2.45) is 5.92 Å². The van der Waals surface area contributed by atoms with Crippen LogP contribution in [0.5, 0.6) is 11.5 Å². The van der Waals surface area contributed by atoms with E-state index in [0.717, 1.165) is 32.0 Å². The van der Waals surface area contributed by atoms with Crippen LogP contribution in [0.2, 0.25) is 0 Å². The van der Waals surface area contributed by atoms with Crippen molar-refractivity contribution < 1.29 is 9.53 Å². The maximum atomic E-state index is 12.6. The average molecular weight is 361 g/mol. The number of ether oxygens (including phenoxy) is 1. The molecule has 3 aliphatic rings. The van der Waals surface area contributed by atoms with E-state index < -0.39 is 0 Å². The van der Waals surface area contributed by atoms with E-state index in [1.807, 2.05) is 0 Å². The van der Waals surface area contributed by atoms with Gasteiger partial charge in [-0.3, -0.25) is 4.79 Å². The molecule has 5 rings (SSSR count). The molecule has 3 saturated heterocycles. The molecule has 3 fully saturated rings. The number of carbonyl (C=O) groups is 1. The second kappa shape index (κ2) is 7.81. The SMILES string of the molecule is N#Cc1cccc(Oc2ccc(C(=O)NC3CC4CCN(CC4)C3)cc2)c1. The highest BCUT2D eigenvalue weighted by atomic mass is 16.5. The Bertz CT molecular complexity index is 835. The summed E-state index contributed by atoms with van der Waals surface area (Å²) in [6.45, 7) is 3.28. The van der Waals surface area contributed by atoms with Crippen LogP contribution in [0, 0.1) is 17.2 Å². The molecule has 138 valence electrons. The average Bonchev–Trinajstić information content (AvgIpc) is 3.01. The van der Waals surface area contributed by atoms with Crippen LogP contribution in [0.1, 0.15) is 35.2 Å². The number of piperidine rings is 1. The van der Waals surface area contributed by atoms with Crippen LogP contribution in [0.3, 0.4) is 0 Å². The van der Waals surface area contributed by atoms with Crippen molar-refractivity contribution in [3.8, 4) is 17.6 Å². The van der Waals surface area contributed by atoms with Gasteiger partial charge in [-0.25, -0.2) is 0 Å². The Labute approximate surface area is 159 Å². The molecule has 3 heterocycles. The van der Waals surface area contributed by atoms with Gasteiger partial charge in [0.05, 0.1) is 11.6 Å². The van der Waals surface area contributed by atoms with Crippen LogP contribution < -0.4 is 10.1 Å². The lowest BCUT2D eigenvalue weighted by atomic mass is 9.94. The van der Waals surface area contributed by atoms with Gasteiger partial charge in [0, 0.05) is 18.2 Å². The van der Waals surface area contributed by atoms with Gasteiger partial charge in [0.25, 0.3) is 5.91 Å². The highest BCUT2D eigenvalue weighted by Crippen LogP contribution is 2.27. The molecular formula is C22H23N3O2. The van der Waals surface area contributed by atoms with Gasteiger partial charge in [-0.1, -0.05) is 6.07 Å². The highest BCUT2D eigenvalue weighted by molar-refractivity contribution is 5.94. The molecule has 2 aromatic rings. The highest BCUT2D eigenvalue weighted by Gasteiger charge is 2.29. The van der Waals surface area contributed by atoms with Crippen molar-refractivity contribution in [2.45, 2.75) is 25.3 Å². The van der Waals surface area contributed by atoms with Gasteiger partial charge >= 0.3 is 0 Å². The van der Waals surface area contributed by atoms with Gasteiger partial charge in [0.1, 0.15) is 11.5 Å². The van der Waals surface area contributed by atoms with E-state index in [9.17, 15) is 4.79 Å². The third-order valence-electron chi connectivity index (χ3n) is 5.45. The lowest BCUT2D eigenvalue weighted by molar-refractivity contribution is 0.0929. The summed E-state index contributed by atoms with van der Waals surface area (Å²) in [5.41, 5.74) is 1.19. The summed E-state index contributed by atoms with van der Waals surface area (Å²) in [5, 5.41) is 12.2. The molecule has 0 spiro atoms. The number of benzene rings is 2. The van der Waals surface area contributed by atoms with Gasteiger partial charge in [0.15, 0.2) is 0 Å². The molecule has 3 aliphatic heterocycles. The minimum atomic E-state index is -0.0273. The Morgan fingerprint density at radius 3 is 2.63 bits per heavy atom. The summed E-state index contributed by atoms with van der Waals surface area (Å²) >= 11 is 0. The number of amides is 1. The molecule has 1 N–H and O–H groups in total. The monoisotopic (exact) mass is 361 g/mol. The summed E-state index contributed by atoms with van der Waals surface area (Å²) in [7, 11) is 0. The number of fused-ring (bicyclic) bond motifs is 4. The minimum absolute atomic E-state index is 0.0273. The molecule has 5 nitrogen and oxygen atoms in total. The standard InChI is InChI=1S/C22H23N3O2/c23-14-17-2-1-3-21(13-17)27-20-6-4-18(5-7-20)22(26)24-19-12-16-8-10-25(15-19)11-9-16/h1-7,13,16,19H,8-12,15H2,(H,24,26). The van der Waals surface area contributed by atoms with E-state index in [1.165, 1.54) is 12.8 Å². The van der Waals surface area contributed by atoms with E-state index in [0.29, 0.717) is 22.6 Å². The van der Waals surface area contributed by atoms with Gasteiger partial charge < -0.3 is 15.0 Å². The molecule has 0 aliphatic carbocycles. The second-order valence-corrected chi connectivity index (χ2v) is 7.42. The van der Waals surface area contributed by atoms with E-state index in [-0.39, 0.29) is 11.9 Å². The predicted octanol–water partition coefficient (Wildman–Crippen LogP) is 3.56. The van der Waals surface area contributed by atoms with Crippen LogP contribution in [0.25, 0.3) is 0 Å². The zero-order chi connectivity index (χ0) is 18.6. The normalized spacial score (nSPS) is 23.9. The van der Waals surface area contributed by atoms with Crippen LogP contribution in [-0.4, -0.2) is 36.5 Å². The van der Waals surface area contributed by atoms with Crippen molar-refractivity contribution in [1.82, 2.24) is 10.2 Å².